The Labute approximate surface area is 101 Å². The van der Waals surface area contributed by atoms with Crippen LogP contribution < -0.4 is 0 Å². The van der Waals surface area contributed by atoms with Gasteiger partial charge in [-0.25, -0.2) is 4.39 Å². The van der Waals surface area contributed by atoms with E-state index in [-0.39, 0.29) is 11.2 Å². The lowest BCUT2D eigenvalue weighted by molar-refractivity contribution is -0.108. The number of Topliss-reactive ketones (excluding diaryl/α,β-unsaturated/α-hetero) is 1. The highest BCUT2D eigenvalue weighted by Crippen LogP contribution is 2.09. The van der Waals surface area contributed by atoms with E-state index in [4.69, 9.17) is 0 Å². The average Bonchev–Trinajstić information content (AvgIpc) is 2.25. The van der Waals surface area contributed by atoms with E-state index in [1.165, 1.54) is 24.3 Å². The molecule has 0 aliphatic rings. The van der Waals surface area contributed by atoms with E-state index in [0.29, 0.717) is 5.56 Å². The summed E-state index contributed by atoms with van der Waals surface area (Å²) < 4.78 is 12.6. The Morgan fingerprint density at radius 2 is 1.71 bits per heavy atom. The third-order valence-electron chi connectivity index (χ3n) is 1.72. The number of hydrogen-bond acceptors (Lipinski definition) is 1. The minimum atomic E-state index is -0.427. The number of halogens is 1. The van der Waals surface area contributed by atoms with Crippen molar-refractivity contribution in [3.05, 3.63) is 35.6 Å². The Balaban J connectivity index is 2.76. The highest BCUT2D eigenvalue weighted by Gasteiger charge is 2.03. The lowest BCUT2D eigenvalue weighted by atomic mass is 9.98. The summed E-state index contributed by atoms with van der Waals surface area (Å²) in [4.78, 5) is 11.3. The van der Waals surface area contributed by atoms with Gasteiger partial charge in [0.15, 0.2) is 0 Å². The van der Waals surface area contributed by atoms with Crippen molar-refractivity contribution in [2.45, 2.75) is 20.8 Å². The van der Waals surface area contributed by atoms with Gasteiger partial charge in [-0.15, -0.1) is 0 Å². The van der Waals surface area contributed by atoms with Gasteiger partial charge >= 0.3 is 0 Å². The summed E-state index contributed by atoms with van der Waals surface area (Å²) in [5, 5.41) is 0. The smallest absolute Gasteiger partial charge is 0.270 e. The third kappa shape index (κ3) is 5.54. The number of carbonyl (C=O) groups excluding carboxylic acids is 1. The predicted octanol–water partition coefficient (Wildman–Crippen LogP) is 2.80. The summed E-state index contributed by atoms with van der Waals surface area (Å²) in [6.45, 7) is 5.75. The Morgan fingerprint density at radius 1 is 1.12 bits per heavy atom. The van der Waals surface area contributed by atoms with Crippen LogP contribution in [0.25, 0.3) is 0 Å². The summed E-state index contributed by atoms with van der Waals surface area (Å²) in [7, 11) is 0. The van der Waals surface area contributed by atoms with Crippen LogP contribution >= 0.6 is 0 Å². The molecule has 17 heavy (non-hydrogen) atoms. The largest absolute Gasteiger partial charge is 0.279 e. The summed E-state index contributed by atoms with van der Waals surface area (Å²) >= 11 is 0. The van der Waals surface area contributed by atoms with Crippen molar-refractivity contribution < 1.29 is 9.18 Å². The molecule has 0 radical (unpaired) electrons. The number of benzene rings is 1. The standard InChI is InChI=1S/C15H13FO/c1-15(2,3)11-10-14(17)9-6-12-4-7-13(16)8-5-12/h4-5,7-8H,1-3H3. The first kappa shape index (κ1) is 13.0. The molecule has 1 rings (SSSR count). The maximum absolute atomic E-state index is 12.6. The molecule has 0 saturated heterocycles. The number of ketones is 1. The summed E-state index contributed by atoms with van der Waals surface area (Å²) in [5.74, 6) is 9.57. The summed E-state index contributed by atoms with van der Waals surface area (Å²) in [6.07, 6.45) is 0. The monoisotopic (exact) mass is 228 g/mol. The molecule has 0 spiro atoms. The second-order valence-corrected chi connectivity index (χ2v) is 4.59. The van der Waals surface area contributed by atoms with E-state index < -0.39 is 5.78 Å². The SMILES string of the molecule is CC(C)(C)C#CC(=O)C#Cc1ccc(F)cc1. The Kier molecular flexibility index (Phi) is 4.07. The molecule has 0 aromatic heterocycles. The normalized spacial score (nSPS) is 9.65. The highest BCUT2D eigenvalue weighted by atomic mass is 19.1. The molecule has 0 bridgehead atoms. The fourth-order valence-corrected chi connectivity index (χ4v) is 0.938. The van der Waals surface area contributed by atoms with Crippen LogP contribution in [0, 0.1) is 34.9 Å². The van der Waals surface area contributed by atoms with Gasteiger partial charge in [-0.05, 0) is 56.9 Å². The maximum atomic E-state index is 12.6. The van der Waals surface area contributed by atoms with Crippen molar-refractivity contribution in [3.8, 4) is 23.7 Å². The number of carbonyl (C=O) groups is 1. The average molecular weight is 228 g/mol. The van der Waals surface area contributed by atoms with Crippen molar-refractivity contribution in [1.82, 2.24) is 0 Å². The third-order valence-corrected chi connectivity index (χ3v) is 1.72. The fraction of sp³-hybridized carbons (Fsp3) is 0.267. The van der Waals surface area contributed by atoms with Crippen molar-refractivity contribution in [3.63, 3.8) is 0 Å². The molecular formula is C15H13FO. The van der Waals surface area contributed by atoms with Gasteiger partial charge in [0, 0.05) is 11.0 Å². The van der Waals surface area contributed by atoms with Crippen LogP contribution in [0.5, 0.6) is 0 Å². The lowest BCUT2D eigenvalue weighted by Crippen LogP contribution is -2.01. The molecule has 0 N–H and O–H groups in total. The van der Waals surface area contributed by atoms with E-state index in [1.54, 1.807) is 0 Å². The van der Waals surface area contributed by atoms with Gasteiger partial charge in [0.25, 0.3) is 5.78 Å². The van der Waals surface area contributed by atoms with Crippen molar-refractivity contribution in [1.29, 1.82) is 0 Å². The Morgan fingerprint density at radius 3 is 2.24 bits per heavy atom. The van der Waals surface area contributed by atoms with Gasteiger partial charge in [-0.3, -0.25) is 4.79 Å². The molecule has 2 heteroatoms. The predicted molar refractivity (Wildman–Crippen MR) is 65.5 cm³/mol. The van der Waals surface area contributed by atoms with E-state index in [1.807, 2.05) is 20.8 Å². The van der Waals surface area contributed by atoms with Gasteiger partial charge < -0.3 is 0 Å². The number of hydrogen-bond donors (Lipinski definition) is 0. The van der Waals surface area contributed by atoms with Crippen molar-refractivity contribution >= 4 is 5.78 Å². The Bertz CT molecular complexity index is 525. The molecule has 0 amide bonds. The van der Waals surface area contributed by atoms with Crippen molar-refractivity contribution in [2.75, 3.05) is 0 Å². The molecule has 0 aliphatic carbocycles. The van der Waals surface area contributed by atoms with E-state index in [2.05, 4.69) is 23.7 Å². The zero-order valence-corrected chi connectivity index (χ0v) is 10.1. The molecule has 0 heterocycles. The minimum absolute atomic E-state index is 0.215. The molecule has 1 aromatic carbocycles. The van der Waals surface area contributed by atoms with Crippen LogP contribution in [-0.4, -0.2) is 5.78 Å². The summed E-state index contributed by atoms with van der Waals surface area (Å²) in [5.41, 5.74) is 0.380. The quantitative estimate of drug-likeness (QED) is 0.493. The first-order chi connectivity index (χ1) is 7.87. The van der Waals surface area contributed by atoms with Crippen LogP contribution in [0.2, 0.25) is 0 Å². The summed E-state index contributed by atoms with van der Waals surface area (Å²) in [6, 6.07) is 5.64. The van der Waals surface area contributed by atoms with E-state index in [0.717, 1.165) is 0 Å². The van der Waals surface area contributed by atoms with E-state index in [9.17, 15) is 9.18 Å². The first-order valence-corrected chi connectivity index (χ1v) is 5.21. The molecule has 0 atom stereocenters. The van der Waals surface area contributed by atoms with Crippen LogP contribution in [-0.2, 0) is 4.79 Å². The van der Waals surface area contributed by atoms with Crippen LogP contribution in [0.4, 0.5) is 4.39 Å². The van der Waals surface area contributed by atoms with Gasteiger partial charge in [0.2, 0.25) is 0 Å². The van der Waals surface area contributed by atoms with Crippen LogP contribution in [0.1, 0.15) is 26.3 Å². The zero-order chi connectivity index (χ0) is 12.9. The van der Waals surface area contributed by atoms with Gasteiger partial charge in [-0.2, -0.15) is 0 Å². The number of rotatable bonds is 0. The second-order valence-electron chi connectivity index (χ2n) is 4.59. The van der Waals surface area contributed by atoms with Gasteiger partial charge in [-0.1, -0.05) is 11.8 Å². The highest BCUT2D eigenvalue weighted by molar-refractivity contribution is 6.09. The lowest BCUT2D eigenvalue weighted by Gasteiger charge is -2.05. The molecule has 0 unspecified atom stereocenters. The molecule has 0 saturated carbocycles. The molecule has 86 valence electrons. The molecule has 1 aromatic rings. The van der Waals surface area contributed by atoms with E-state index >= 15 is 0 Å². The van der Waals surface area contributed by atoms with Crippen LogP contribution in [0.3, 0.4) is 0 Å². The van der Waals surface area contributed by atoms with Gasteiger partial charge in [0.1, 0.15) is 5.82 Å². The maximum Gasteiger partial charge on any atom is 0.279 e. The zero-order valence-electron chi connectivity index (χ0n) is 10.1. The Hall–Kier alpha value is -2.06. The van der Waals surface area contributed by atoms with Gasteiger partial charge in [0.05, 0.1) is 0 Å². The fourth-order valence-electron chi connectivity index (χ4n) is 0.938. The minimum Gasteiger partial charge on any atom is -0.270 e. The topological polar surface area (TPSA) is 17.1 Å². The molecule has 0 fully saturated rings. The van der Waals surface area contributed by atoms with Crippen LogP contribution in [0.15, 0.2) is 24.3 Å². The first-order valence-electron chi connectivity index (χ1n) is 5.21. The van der Waals surface area contributed by atoms with Crippen molar-refractivity contribution in [2.24, 2.45) is 5.41 Å². The molecular weight excluding hydrogens is 215 g/mol. The second kappa shape index (κ2) is 5.32. The molecule has 0 aliphatic heterocycles. The molecule has 1 nitrogen and oxygen atoms in total.